The summed E-state index contributed by atoms with van der Waals surface area (Å²) >= 11 is 6.19. The van der Waals surface area contributed by atoms with Crippen LogP contribution in [0.15, 0.2) is 41.3 Å². The molecule has 0 aromatic heterocycles. The van der Waals surface area contributed by atoms with Crippen LogP contribution in [-0.4, -0.2) is 51.5 Å². The van der Waals surface area contributed by atoms with Gasteiger partial charge in [0.1, 0.15) is 0 Å². The molecule has 0 saturated carbocycles. The third kappa shape index (κ3) is 3.92. The molecule has 154 valence electrons. The van der Waals surface area contributed by atoms with E-state index in [1.165, 1.54) is 16.4 Å². The maximum Gasteiger partial charge on any atom is 0.258 e. The lowest BCUT2D eigenvalue weighted by molar-refractivity contribution is 0.0730. The number of nitrogens with zero attached hydrogens (tertiary/aromatic N) is 2. The maximum atomic E-state index is 13.3. The van der Waals surface area contributed by atoms with E-state index < -0.39 is 10.0 Å². The summed E-state index contributed by atoms with van der Waals surface area (Å²) in [6, 6.07) is 10.1. The van der Waals surface area contributed by atoms with E-state index in [1.807, 2.05) is 19.1 Å². The lowest BCUT2D eigenvalue weighted by atomic mass is 9.97. The van der Waals surface area contributed by atoms with Crippen LogP contribution >= 0.6 is 11.6 Å². The van der Waals surface area contributed by atoms with Crippen molar-refractivity contribution in [2.24, 2.45) is 0 Å². The quantitative estimate of drug-likeness (QED) is 0.743. The molecule has 29 heavy (non-hydrogen) atoms. The van der Waals surface area contributed by atoms with E-state index >= 15 is 0 Å². The highest BCUT2D eigenvalue weighted by molar-refractivity contribution is 7.89. The van der Waals surface area contributed by atoms with Gasteiger partial charge in [-0.05, 0) is 61.2 Å². The number of hydrogen-bond donors (Lipinski definition) is 0. The molecule has 6 nitrogen and oxygen atoms in total. The Bertz CT molecular complexity index is 1050. The van der Waals surface area contributed by atoms with Crippen LogP contribution in [-0.2, 0) is 21.2 Å². The number of halogens is 1. The zero-order chi connectivity index (χ0) is 20.6. The molecule has 2 aliphatic rings. The van der Waals surface area contributed by atoms with Crippen LogP contribution in [0.2, 0.25) is 5.02 Å². The van der Waals surface area contributed by atoms with Gasteiger partial charge in [0.15, 0.2) is 0 Å². The third-order valence-electron chi connectivity index (χ3n) is 5.38. The van der Waals surface area contributed by atoms with Crippen molar-refractivity contribution in [2.75, 3.05) is 37.7 Å². The predicted octanol–water partition coefficient (Wildman–Crippen LogP) is 3.26. The Hall–Kier alpha value is -1.93. The number of fused-ring (bicyclic) bond motifs is 1. The Labute approximate surface area is 176 Å². The predicted molar refractivity (Wildman–Crippen MR) is 112 cm³/mol. The van der Waals surface area contributed by atoms with Gasteiger partial charge in [-0.3, -0.25) is 4.79 Å². The molecule has 2 aliphatic heterocycles. The maximum absolute atomic E-state index is 13.3. The first-order chi connectivity index (χ1) is 13.9. The Balaban J connectivity index is 1.67. The molecule has 0 bridgehead atoms. The van der Waals surface area contributed by atoms with E-state index in [-0.39, 0.29) is 10.8 Å². The largest absolute Gasteiger partial charge is 0.379 e. The van der Waals surface area contributed by atoms with Gasteiger partial charge in [0, 0.05) is 30.2 Å². The van der Waals surface area contributed by atoms with Gasteiger partial charge in [0.25, 0.3) is 5.91 Å². The molecule has 0 spiro atoms. The first kappa shape index (κ1) is 20.3. The normalized spacial score (nSPS) is 17.8. The molecule has 0 aliphatic carbocycles. The van der Waals surface area contributed by atoms with E-state index in [0.29, 0.717) is 43.4 Å². The number of benzene rings is 2. The van der Waals surface area contributed by atoms with E-state index in [0.717, 1.165) is 29.7 Å². The molecular weight excluding hydrogens is 412 g/mol. The van der Waals surface area contributed by atoms with Crippen LogP contribution in [0.5, 0.6) is 0 Å². The van der Waals surface area contributed by atoms with Crippen LogP contribution < -0.4 is 4.90 Å². The fraction of sp³-hybridized carbons (Fsp3) is 0.381. The molecule has 2 aromatic rings. The highest BCUT2D eigenvalue weighted by Crippen LogP contribution is 2.34. The molecule has 1 saturated heterocycles. The molecule has 4 rings (SSSR count). The fourth-order valence-electron chi connectivity index (χ4n) is 4.01. The SMILES string of the molecule is Cc1cc(Cl)cc2c1N(C(=O)c1cccc(S(=O)(=O)N3CCOCC3)c1)CCC2. The first-order valence-corrected chi connectivity index (χ1v) is 11.5. The lowest BCUT2D eigenvalue weighted by Gasteiger charge is -2.31. The Morgan fingerprint density at radius 2 is 1.86 bits per heavy atom. The number of ether oxygens (including phenoxy) is 1. The molecule has 0 N–H and O–H groups in total. The van der Waals surface area contributed by atoms with Crippen LogP contribution in [0.3, 0.4) is 0 Å². The number of amides is 1. The topological polar surface area (TPSA) is 66.9 Å². The molecule has 2 heterocycles. The van der Waals surface area contributed by atoms with Crippen LogP contribution in [0.4, 0.5) is 5.69 Å². The van der Waals surface area contributed by atoms with Crippen molar-refractivity contribution in [3.8, 4) is 0 Å². The van der Waals surface area contributed by atoms with Gasteiger partial charge >= 0.3 is 0 Å². The van der Waals surface area contributed by atoms with E-state index in [1.54, 1.807) is 17.0 Å². The van der Waals surface area contributed by atoms with E-state index in [2.05, 4.69) is 0 Å². The monoisotopic (exact) mass is 434 g/mol. The average molecular weight is 435 g/mol. The summed E-state index contributed by atoms with van der Waals surface area (Å²) in [5.74, 6) is -0.199. The standard InChI is InChI=1S/C21H23ClN2O4S/c1-15-12-18(22)13-16-5-3-7-24(20(15)16)21(25)17-4-2-6-19(14-17)29(26,27)23-8-10-28-11-9-23/h2,4,6,12-14H,3,5,7-11H2,1H3. The van der Waals surface area contributed by atoms with Crippen molar-refractivity contribution in [1.29, 1.82) is 0 Å². The Morgan fingerprint density at radius 1 is 1.10 bits per heavy atom. The summed E-state index contributed by atoms with van der Waals surface area (Å²) in [6.07, 6.45) is 1.70. The first-order valence-electron chi connectivity index (χ1n) is 9.67. The lowest BCUT2D eigenvalue weighted by Crippen LogP contribution is -2.40. The van der Waals surface area contributed by atoms with Crippen molar-refractivity contribution in [1.82, 2.24) is 4.31 Å². The minimum absolute atomic E-state index is 0.135. The van der Waals surface area contributed by atoms with Crippen molar-refractivity contribution in [2.45, 2.75) is 24.7 Å². The number of aryl methyl sites for hydroxylation is 2. The van der Waals surface area contributed by atoms with Crippen molar-refractivity contribution in [3.05, 3.63) is 58.1 Å². The van der Waals surface area contributed by atoms with Gasteiger partial charge in [0.2, 0.25) is 10.0 Å². The molecule has 0 unspecified atom stereocenters. The highest BCUT2D eigenvalue weighted by atomic mass is 35.5. The van der Waals surface area contributed by atoms with E-state index in [4.69, 9.17) is 16.3 Å². The number of carbonyl (C=O) groups is 1. The zero-order valence-electron chi connectivity index (χ0n) is 16.2. The molecular formula is C21H23ClN2O4S. The minimum atomic E-state index is -3.66. The summed E-state index contributed by atoms with van der Waals surface area (Å²) in [5.41, 5.74) is 3.23. The number of sulfonamides is 1. The van der Waals surface area contributed by atoms with Gasteiger partial charge in [-0.1, -0.05) is 17.7 Å². The molecule has 8 heteroatoms. The average Bonchev–Trinajstić information content (AvgIpc) is 2.73. The van der Waals surface area contributed by atoms with Gasteiger partial charge < -0.3 is 9.64 Å². The number of hydrogen-bond acceptors (Lipinski definition) is 4. The summed E-state index contributed by atoms with van der Waals surface area (Å²) < 4.78 is 32.6. The van der Waals surface area contributed by atoms with Gasteiger partial charge in [-0.25, -0.2) is 8.42 Å². The number of morpholine rings is 1. The number of carbonyl (C=O) groups excluding carboxylic acids is 1. The molecule has 0 radical (unpaired) electrons. The van der Waals surface area contributed by atoms with Gasteiger partial charge in [-0.15, -0.1) is 0 Å². The molecule has 0 atom stereocenters. The summed E-state index contributed by atoms with van der Waals surface area (Å²) in [4.78, 5) is 15.2. The summed E-state index contributed by atoms with van der Waals surface area (Å²) in [5, 5.41) is 0.661. The molecule has 1 fully saturated rings. The summed E-state index contributed by atoms with van der Waals surface area (Å²) in [7, 11) is -3.66. The second-order valence-electron chi connectivity index (χ2n) is 7.34. The second kappa shape index (κ2) is 8.07. The third-order valence-corrected chi connectivity index (χ3v) is 7.49. The summed E-state index contributed by atoms with van der Waals surface area (Å²) in [6.45, 7) is 3.93. The Morgan fingerprint density at radius 3 is 2.62 bits per heavy atom. The number of anilines is 1. The minimum Gasteiger partial charge on any atom is -0.379 e. The molecule has 1 amide bonds. The van der Waals surface area contributed by atoms with Crippen molar-refractivity contribution < 1.29 is 17.9 Å². The number of rotatable bonds is 3. The fourth-order valence-corrected chi connectivity index (χ4v) is 5.76. The zero-order valence-corrected chi connectivity index (χ0v) is 17.8. The highest BCUT2D eigenvalue weighted by Gasteiger charge is 2.29. The van der Waals surface area contributed by atoms with Crippen LogP contribution in [0.1, 0.15) is 27.9 Å². The van der Waals surface area contributed by atoms with Crippen molar-refractivity contribution in [3.63, 3.8) is 0 Å². The van der Waals surface area contributed by atoms with Crippen molar-refractivity contribution >= 4 is 33.2 Å². The van der Waals surface area contributed by atoms with Gasteiger partial charge in [0.05, 0.1) is 23.8 Å². The van der Waals surface area contributed by atoms with Crippen LogP contribution in [0, 0.1) is 6.92 Å². The van der Waals surface area contributed by atoms with Gasteiger partial charge in [-0.2, -0.15) is 4.31 Å². The Kier molecular flexibility index (Phi) is 5.66. The second-order valence-corrected chi connectivity index (χ2v) is 9.71. The van der Waals surface area contributed by atoms with E-state index in [9.17, 15) is 13.2 Å². The smallest absolute Gasteiger partial charge is 0.258 e. The molecule has 2 aromatic carbocycles. The van der Waals surface area contributed by atoms with Crippen LogP contribution in [0.25, 0.3) is 0 Å².